The van der Waals surface area contributed by atoms with E-state index in [0.29, 0.717) is 0 Å². The molecule has 0 radical (unpaired) electrons. The number of amides is 1. The predicted molar refractivity (Wildman–Crippen MR) is 135 cm³/mol. The van der Waals surface area contributed by atoms with E-state index < -0.39 is 5.60 Å². The molecule has 0 spiro atoms. The molecule has 1 amide bonds. The highest BCUT2D eigenvalue weighted by Gasteiger charge is 2.42. The van der Waals surface area contributed by atoms with E-state index in [1.54, 1.807) is 0 Å². The van der Waals surface area contributed by atoms with Crippen LogP contribution in [0.15, 0.2) is 83.5 Å². The van der Waals surface area contributed by atoms with E-state index >= 15 is 0 Å². The summed E-state index contributed by atoms with van der Waals surface area (Å²) in [6.07, 6.45) is 8.93. The van der Waals surface area contributed by atoms with Crippen molar-refractivity contribution in [1.82, 2.24) is 10.2 Å². The topological polar surface area (TPSA) is 53.9 Å². The highest BCUT2D eigenvalue weighted by Crippen LogP contribution is 2.46. The molecule has 1 fully saturated rings. The van der Waals surface area contributed by atoms with Crippen molar-refractivity contribution in [2.24, 2.45) is 4.99 Å². The van der Waals surface area contributed by atoms with Crippen molar-refractivity contribution in [3.8, 4) is 0 Å². The molecule has 5 nitrogen and oxygen atoms in total. The maximum atomic E-state index is 12.5. The molecule has 0 bridgehead atoms. The Labute approximate surface area is 202 Å². The van der Waals surface area contributed by atoms with Crippen LogP contribution in [0.4, 0.5) is 4.79 Å². The van der Waals surface area contributed by atoms with Gasteiger partial charge in [0, 0.05) is 6.20 Å². The molecule has 1 N–H and O–H groups in total. The summed E-state index contributed by atoms with van der Waals surface area (Å²) in [7, 11) is 0. The quantitative estimate of drug-likeness (QED) is 0.568. The van der Waals surface area contributed by atoms with E-state index in [-0.39, 0.29) is 23.7 Å². The number of hydrogen-bond acceptors (Lipinski definition) is 4. The van der Waals surface area contributed by atoms with Crippen molar-refractivity contribution in [2.75, 3.05) is 0 Å². The summed E-state index contributed by atoms with van der Waals surface area (Å²) in [4.78, 5) is 20.0. The lowest BCUT2D eigenvalue weighted by Crippen LogP contribution is -2.52. The van der Waals surface area contributed by atoms with Gasteiger partial charge in [0.1, 0.15) is 17.5 Å². The Kier molecular flexibility index (Phi) is 5.59. The molecule has 0 saturated heterocycles. The maximum absolute atomic E-state index is 12.5. The van der Waals surface area contributed by atoms with Crippen molar-refractivity contribution < 1.29 is 9.53 Å². The number of fused-ring (bicyclic) bond motifs is 1. The van der Waals surface area contributed by atoms with Crippen molar-refractivity contribution in [3.05, 3.63) is 95.2 Å². The SMILES string of the molecule is CC1=CC=CN2C1=NC(c1ccc(C3(NC(=O)OC(C)(C)C)CCC3)cc1)C2c1ccccc1. The van der Waals surface area contributed by atoms with Crippen LogP contribution >= 0.6 is 0 Å². The molecular weight excluding hydrogens is 422 g/mol. The number of hydrogen-bond donors (Lipinski definition) is 1. The summed E-state index contributed by atoms with van der Waals surface area (Å²) in [6.45, 7) is 7.79. The van der Waals surface area contributed by atoms with Gasteiger partial charge in [-0.25, -0.2) is 4.79 Å². The van der Waals surface area contributed by atoms with E-state index in [2.05, 4.69) is 90.1 Å². The Hall–Kier alpha value is -3.34. The molecule has 2 atom stereocenters. The second-order valence-electron chi connectivity index (χ2n) is 10.5. The number of benzene rings is 2. The maximum Gasteiger partial charge on any atom is 0.408 e. The molecule has 2 aromatic carbocycles. The van der Waals surface area contributed by atoms with Crippen LogP contribution in [-0.2, 0) is 10.3 Å². The number of alkyl carbamates (subject to hydrolysis) is 1. The normalized spacial score (nSPS) is 22.9. The molecular formula is C29H33N3O2. The first-order valence-electron chi connectivity index (χ1n) is 12.1. The highest BCUT2D eigenvalue weighted by molar-refractivity contribution is 6.01. The second kappa shape index (κ2) is 8.46. The van der Waals surface area contributed by atoms with Gasteiger partial charge in [-0.3, -0.25) is 4.99 Å². The van der Waals surface area contributed by atoms with Gasteiger partial charge in [0.05, 0.1) is 11.6 Å². The summed E-state index contributed by atoms with van der Waals surface area (Å²) in [6, 6.07) is 19.4. The smallest absolute Gasteiger partial charge is 0.408 e. The van der Waals surface area contributed by atoms with Crippen molar-refractivity contribution in [2.45, 2.75) is 70.2 Å². The molecule has 2 heterocycles. The van der Waals surface area contributed by atoms with Gasteiger partial charge in [0.2, 0.25) is 0 Å². The number of amidine groups is 1. The van der Waals surface area contributed by atoms with Crippen LogP contribution in [0.3, 0.4) is 0 Å². The van der Waals surface area contributed by atoms with Crippen LogP contribution < -0.4 is 5.32 Å². The molecule has 0 aromatic heterocycles. The third-order valence-corrected chi connectivity index (χ3v) is 6.94. The summed E-state index contributed by atoms with van der Waals surface area (Å²) in [5, 5.41) is 3.16. The first-order valence-corrected chi connectivity index (χ1v) is 12.1. The van der Waals surface area contributed by atoms with Gasteiger partial charge in [-0.2, -0.15) is 0 Å². The third kappa shape index (κ3) is 4.15. The van der Waals surface area contributed by atoms with Crippen LogP contribution in [0.25, 0.3) is 0 Å². The zero-order valence-electron chi connectivity index (χ0n) is 20.4. The first-order chi connectivity index (χ1) is 16.3. The summed E-state index contributed by atoms with van der Waals surface area (Å²) in [5.74, 6) is 1.03. The molecule has 1 aliphatic carbocycles. The van der Waals surface area contributed by atoms with Crippen LogP contribution in [-0.4, -0.2) is 22.4 Å². The van der Waals surface area contributed by atoms with Gasteiger partial charge in [0.25, 0.3) is 0 Å². The van der Waals surface area contributed by atoms with Crippen molar-refractivity contribution in [3.63, 3.8) is 0 Å². The Bertz CT molecular complexity index is 1150. The van der Waals surface area contributed by atoms with Gasteiger partial charge in [0.15, 0.2) is 0 Å². The van der Waals surface area contributed by atoms with Crippen LogP contribution in [0, 0.1) is 0 Å². The minimum Gasteiger partial charge on any atom is -0.444 e. The molecule has 176 valence electrons. The Morgan fingerprint density at radius 2 is 1.76 bits per heavy atom. The first kappa shape index (κ1) is 22.5. The fraction of sp³-hybridized carbons (Fsp3) is 0.379. The lowest BCUT2D eigenvalue weighted by Gasteiger charge is -2.43. The lowest BCUT2D eigenvalue weighted by molar-refractivity contribution is 0.0377. The number of carbonyl (C=O) groups is 1. The molecule has 1 saturated carbocycles. The standard InChI is InChI=1S/C29H33N3O2/c1-20-10-8-19-32-25(22-11-6-5-7-12-22)24(30-26(20)32)21-13-15-23(16-14-21)29(17-9-18-29)31-27(33)34-28(2,3)4/h5-8,10-16,19,24-25H,9,17-18H2,1-4H3,(H,31,33). The predicted octanol–water partition coefficient (Wildman–Crippen LogP) is 6.56. The van der Waals surface area contributed by atoms with E-state index in [1.807, 2.05) is 20.8 Å². The monoisotopic (exact) mass is 455 g/mol. The lowest BCUT2D eigenvalue weighted by atomic mass is 9.71. The fourth-order valence-corrected chi connectivity index (χ4v) is 5.14. The average Bonchev–Trinajstić information content (AvgIpc) is 3.17. The largest absolute Gasteiger partial charge is 0.444 e. The van der Waals surface area contributed by atoms with E-state index in [4.69, 9.17) is 9.73 Å². The van der Waals surface area contributed by atoms with E-state index in [1.165, 1.54) is 16.7 Å². The van der Waals surface area contributed by atoms with Crippen molar-refractivity contribution >= 4 is 11.9 Å². The van der Waals surface area contributed by atoms with Gasteiger partial charge in [-0.15, -0.1) is 0 Å². The van der Waals surface area contributed by atoms with E-state index in [9.17, 15) is 4.79 Å². The van der Waals surface area contributed by atoms with E-state index in [0.717, 1.165) is 30.7 Å². The number of allylic oxidation sites excluding steroid dienone is 2. The highest BCUT2D eigenvalue weighted by atomic mass is 16.6. The summed E-state index contributed by atoms with van der Waals surface area (Å²) < 4.78 is 5.54. The molecule has 5 heteroatoms. The number of nitrogens with zero attached hydrogens (tertiary/aromatic N) is 2. The number of nitrogens with one attached hydrogen (secondary N) is 1. The molecule has 2 aliphatic heterocycles. The zero-order valence-corrected chi connectivity index (χ0v) is 20.4. The number of carbonyl (C=O) groups excluding carboxylic acids is 1. The molecule has 34 heavy (non-hydrogen) atoms. The Balaban J connectivity index is 1.43. The third-order valence-electron chi connectivity index (χ3n) is 6.94. The zero-order chi connectivity index (χ0) is 23.9. The van der Waals surface area contributed by atoms with Crippen molar-refractivity contribution in [1.29, 1.82) is 0 Å². The number of rotatable bonds is 4. The minimum absolute atomic E-state index is 0.00583. The number of aliphatic imine (C=N–C) groups is 1. The van der Waals surface area contributed by atoms with Gasteiger partial charge in [-0.1, -0.05) is 60.7 Å². The van der Waals surface area contributed by atoms with Crippen LogP contribution in [0.2, 0.25) is 0 Å². The fourth-order valence-electron chi connectivity index (χ4n) is 5.14. The van der Waals surface area contributed by atoms with Crippen LogP contribution in [0.5, 0.6) is 0 Å². The van der Waals surface area contributed by atoms with Gasteiger partial charge >= 0.3 is 6.09 Å². The molecule has 2 unspecified atom stereocenters. The van der Waals surface area contributed by atoms with Crippen LogP contribution in [0.1, 0.15) is 75.7 Å². The second-order valence-corrected chi connectivity index (χ2v) is 10.5. The number of ether oxygens (including phenoxy) is 1. The van der Waals surface area contributed by atoms with Gasteiger partial charge < -0.3 is 15.0 Å². The summed E-state index contributed by atoms with van der Waals surface area (Å²) in [5.41, 5.74) is 3.87. The molecule has 2 aromatic rings. The Morgan fingerprint density at radius 3 is 2.38 bits per heavy atom. The molecule has 5 rings (SSSR count). The minimum atomic E-state index is -0.514. The molecule has 3 aliphatic rings. The summed E-state index contributed by atoms with van der Waals surface area (Å²) >= 11 is 0. The average molecular weight is 456 g/mol. The Morgan fingerprint density at radius 1 is 1.06 bits per heavy atom. The van der Waals surface area contributed by atoms with Gasteiger partial charge in [-0.05, 0) is 75.3 Å².